The van der Waals surface area contributed by atoms with Crippen molar-refractivity contribution >= 4 is 17.3 Å². The lowest BCUT2D eigenvalue weighted by molar-refractivity contribution is -0.384. The summed E-state index contributed by atoms with van der Waals surface area (Å²) in [5.41, 5.74) is 0.563. The molecule has 0 amide bonds. The Balaban J connectivity index is 2.15. The first kappa shape index (κ1) is 14.3. The molecule has 0 aliphatic carbocycles. The number of hydrogen-bond donors (Lipinski definition) is 0. The number of nitrogens with zero attached hydrogens (tertiary/aromatic N) is 4. The van der Waals surface area contributed by atoms with Gasteiger partial charge in [0, 0.05) is 24.2 Å². The largest absolute Gasteiger partial charge is 0.485 e. The Bertz CT molecular complexity index is 614. The van der Waals surface area contributed by atoms with Gasteiger partial charge in [-0.05, 0) is 13.0 Å². The van der Waals surface area contributed by atoms with Gasteiger partial charge in [0.2, 0.25) is 0 Å². The maximum absolute atomic E-state index is 10.7. The summed E-state index contributed by atoms with van der Waals surface area (Å²) in [6.07, 6.45) is 1.46. The van der Waals surface area contributed by atoms with Crippen molar-refractivity contribution in [1.29, 1.82) is 0 Å². The molecule has 0 atom stereocenters. The number of nitro benzene ring substituents is 1. The molecule has 2 aromatic rings. The lowest BCUT2D eigenvalue weighted by atomic mass is 10.2. The van der Waals surface area contributed by atoms with Crippen LogP contribution < -0.4 is 4.74 Å². The SMILES string of the molecule is CCn1ncnc1COc1ccc([N+](=O)[O-])cc1CCl. The Hall–Kier alpha value is -2.15. The second-order valence-electron chi connectivity index (χ2n) is 3.96. The number of hydrogen-bond acceptors (Lipinski definition) is 5. The second-order valence-corrected chi connectivity index (χ2v) is 4.23. The van der Waals surface area contributed by atoms with Crippen LogP contribution in [0.4, 0.5) is 5.69 Å². The van der Waals surface area contributed by atoms with Crippen LogP contribution in [0.2, 0.25) is 0 Å². The van der Waals surface area contributed by atoms with Crippen LogP contribution in [0.15, 0.2) is 24.5 Å². The Morgan fingerprint density at radius 3 is 2.95 bits per heavy atom. The topological polar surface area (TPSA) is 83.1 Å². The molecule has 1 aromatic heterocycles. The molecule has 0 bridgehead atoms. The Morgan fingerprint density at radius 1 is 1.50 bits per heavy atom. The summed E-state index contributed by atoms with van der Waals surface area (Å²) in [4.78, 5) is 14.3. The van der Waals surface area contributed by atoms with Crippen molar-refractivity contribution in [2.45, 2.75) is 26.0 Å². The van der Waals surface area contributed by atoms with E-state index in [1.807, 2.05) is 6.92 Å². The number of alkyl halides is 1. The number of aryl methyl sites for hydroxylation is 1. The summed E-state index contributed by atoms with van der Waals surface area (Å²) in [5, 5.41) is 14.7. The minimum atomic E-state index is -0.465. The molecule has 0 saturated heterocycles. The van der Waals surface area contributed by atoms with E-state index in [2.05, 4.69) is 10.1 Å². The fourth-order valence-electron chi connectivity index (χ4n) is 1.73. The van der Waals surface area contributed by atoms with E-state index < -0.39 is 4.92 Å². The lowest BCUT2D eigenvalue weighted by Gasteiger charge is -2.09. The molecular formula is C12H13ClN4O3. The number of non-ortho nitro benzene ring substituents is 1. The molecule has 8 heteroatoms. The molecule has 0 fully saturated rings. The number of halogens is 1. The van der Waals surface area contributed by atoms with Gasteiger partial charge in [-0.25, -0.2) is 9.67 Å². The molecule has 0 unspecified atom stereocenters. The van der Waals surface area contributed by atoms with E-state index >= 15 is 0 Å². The van der Waals surface area contributed by atoms with Crippen molar-refractivity contribution < 1.29 is 9.66 Å². The van der Waals surface area contributed by atoms with Gasteiger partial charge in [0.15, 0.2) is 5.82 Å². The van der Waals surface area contributed by atoms with Crippen molar-refractivity contribution in [2.75, 3.05) is 0 Å². The van der Waals surface area contributed by atoms with E-state index in [4.69, 9.17) is 16.3 Å². The van der Waals surface area contributed by atoms with Crippen LogP contribution in [0, 0.1) is 10.1 Å². The lowest BCUT2D eigenvalue weighted by Crippen LogP contribution is -2.08. The number of rotatable bonds is 6. The summed E-state index contributed by atoms with van der Waals surface area (Å²) >= 11 is 5.79. The second kappa shape index (κ2) is 6.33. The van der Waals surface area contributed by atoms with Crippen LogP contribution in [0.5, 0.6) is 5.75 Å². The number of benzene rings is 1. The van der Waals surface area contributed by atoms with Gasteiger partial charge in [-0.15, -0.1) is 11.6 Å². The quantitative estimate of drug-likeness (QED) is 0.464. The molecule has 0 spiro atoms. The molecule has 106 valence electrons. The van der Waals surface area contributed by atoms with E-state index in [-0.39, 0.29) is 18.2 Å². The summed E-state index contributed by atoms with van der Waals surface area (Å²) in [6.45, 7) is 2.88. The highest BCUT2D eigenvalue weighted by Crippen LogP contribution is 2.26. The predicted molar refractivity (Wildman–Crippen MR) is 72.7 cm³/mol. The molecule has 2 rings (SSSR count). The summed E-state index contributed by atoms with van der Waals surface area (Å²) in [7, 11) is 0. The standard InChI is InChI=1S/C12H13ClN4O3/c1-2-16-12(14-8-15-16)7-20-11-4-3-10(17(18)19)5-9(11)6-13/h3-5,8H,2,6-7H2,1H3. The van der Waals surface area contributed by atoms with E-state index in [0.29, 0.717) is 23.7 Å². The first-order valence-corrected chi connectivity index (χ1v) is 6.52. The molecule has 0 N–H and O–H groups in total. The molecule has 20 heavy (non-hydrogen) atoms. The van der Waals surface area contributed by atoms with Gasteiger partial charge in [0.05, 0.1) is 10.8 Å². The number of ether oxygens (including phenoxy) is 1. The minimum Gasteiger partial charge on any atom is -0.485 e. The van der Waals surface area contributed by atoms with E-state index in [1.165, 1.54) is 18.5 Å². The maximum atomic E-state index is 10.7. The molecule has 0 aliphatic heterocycles. The third-order valence-corrected chi connectivity index (χ3v) is 3.04. The van der Waals surface area contributed by atoms with Crippen molar-refractivity contribution in [3.05, 3.63) is 46.0 Å². The van der Waals surface area contributed by atoms with Crippen LogP contribution in [0.1, 0.15) is 18.3 Å². The molecule has 7 nitrogen and oxygen atoms in total. The molecule has 0 radical (unpaired) electrons. The molecular weight excluding hydrogens is 284 g/mol. The van der Waals surface area contributed by atoms with Crippen LogP contribution in [-0.4, -0.2) is 19.7 Å². The maximum Gasteiger partial charge on any atom is 0.270 e. The smallest absolute Gasteiger partial charge is 0.270 e. The van der Waals surface area contributed by atoms with Crippen molar-refractivity contribution in [2.24, 2.45) is 0 Å². The molecule has 1 aromatic carbocycles. The monoisotopic (exact) mass is 296 g/mol. The number of aromatic nitrogens is 3. The first-order chi connectivity index (χ1) is 9.65. The molecule has 1 heterocycles. The minimum absolute atomic E-state index is 0.00951. The van der Waals surface area contributed by atoms with Gasteiger partial charge < -0.3 is 4.74 Å². The first-order valence-electron chi connectivity index (χ1n) is 5.98. The fraction of sp³-hybridized carbons (Fsp3) is 0.333. The summed E-state index contributed by atoms with van der Waals surface area (Å²) in [5.74, 6) is 1.33. The van der Waals surface area contributed by atoms with E-state index in [9.17, 15) is 10.1 Å². The zero-order valence-electron chi connectivity index (χ0n) is 10.8. The van der Waals surface area contributed by atoms with Crippen LogP contribution >= 0.6 is 11.6 Å². The Labute approximate surface area is 120 Å². The van der Waals surface area contributed by atoms with E-state index in [1.54, 1.807) is 10.7 Å². The highest BCUT2D eigenvalue weighted by Gasteiger charge is 2.12. The Kier molecular flexibility index (Phi) is 4.52. The normalized spacial score (nSPS) is 10.5. The average molecular weight is 297 g/mol. The Morgan fingerprint density at radius 2 is 2.30 bits per heavy atom. The summed E-state index contributed by atoms with van der Waals surface area (Å²) < 4.78 is 7.33. The van der Waals surface area contributed by atoms with Crippen LogP contribution in [0.25, 0.3) is 0 Å². The van der Waals surface area contributed by atoms with Crippen molar-refractivity contribution in [3.8, 4) is 5.75 Å². The highest BCUT2D eigenvalue weighted by molar-refractivity contribution is 6.17. The molecule has 0 saturated carbocycles. The number of nitro groups is 1. The van der Waals surface area contributed by atoms with Crippen molar-refractivity contribution in [3.63, 3.8) is 0 Å². The van der Waals surface area contributed by atoms with Gasteiger partial charge in [-0.3, -0.25) is 10.1 Å². The van der Waals surface area contributed by atoms with Crippen LogP contribution in [0.3, 0.4) is 0 Å². The van der Waals surface area contributed by atoms with Gasteiger partial charge in [0.1, 0.15) is 18.7 Å². The summed E-state index contributed by atoms with van der Waals surface area (Å²) in [6, 6.07) is 4.34. The zero-order chi connectivity index (χ0) is 14.5. The zero-order valence-corrected chi connectivity index (χ0v) is 11.6. The highest BCUT2D eigenvalue weighted by atomic mass is 35.5. The third-order valence-electron chi connectivity index (χ3n) is 2.75. The van der Waals surface area contributed by atoms with Crippen molar-refractivity contribution in [1.82, 2.24) is 14.8 Å². The third kappa shape index (κ3) is 3.05. The molecule has 0 aliphatic rings. The van der Waals surface area contributed by atoms with Gasteiger partial charge in [-0.1, -0.05) is 0 Å². The average Bonchev–Trinajstić information content (AvgIpc) is 2.92. The predicted octanol–water partition coefficient (Wildman–Crippen LogP) is 2.52. The van der Waals surface area contributed by atoms with Crippen LogP contribution in [-0.2, 0) is 19.0 Å². The van der Waals surface area contributed by atoms with Gasteiger partial charge in [-0.2, -0.15) is 5.10 Å². The van der Waals surface area contributed by atoms with Gasteiger partial charge in [0.25, 0.3) is 5.69 Å². The fourth-order valence-corrected chi connectivity index (χ4v) is 1.94. The van der Waals surface area contributed by atoms with Gasteiger partial charge >= 0.3 is 0 Å². The van der Waals surface area contributed by atoms with E-state index in [0.717, 1.165) is 0 Å².